The van der Waals surface area contributed by atoms with Gasteiger partial charge in [0.05, 0.1) is 17.8 Å². The molecule has 1 aromatic heterocycles. The lowest BCUT2D eigenvalue weighted by atomic mass is 9.70. The van der Waals surface area contributed by atoms with Crippen LogP contribution in [0.15, 0.2) is 36.4 Å². The number of aromatic nitrogens is 1. The normalized spacial score (nSPS) is 19.2. The predicted molar refractivity (Wildman–Crippen MR) is 119 cm³/mol. The van der Waals surface area contributed by atoms with E-state index in [4.69, 9.17) is 10.8 Å². The Balaban J connectivity index is 1.53. The third-order valence-corrected chi connectivity index (χ3v) is 7.17. The number of aromatic amines is 1. The van der Waals surface area contributed by atoms with Gasteiger partial charge in [0.1, 0.15) is 23.5 Å². The molecular weight excluding hydrogens is 473 g/mol. The summed E-state index contributed by atoms with van der Waals surface area (Å²) in [4.78, 5) is 14.1. The van der Waals surface area contributed by atoms with Crippen molar-refractivity contribution in [3.05, 3.63) is 59.4 Å². The van der Waals surface area contributed by atoms with E-state index in [1.807, 2.05) is 4.72 Å². The maximum Gasteiger partial charge on any atom is 0.277 e. The van der Waals surface area contributed by atoms with Crippen LogP contribution >= 0.6 is 0 Å². The van der Waals surface area contributed by atoms with Gasteiger partial charge in [-0.3, -0.25) is 4.79 Å². The number of hydrogen-bond acceptors (Lipinski definition) is 4. The summed E-state index contributed by atoms with van der Waals surface area (Å²) in [7, 11) is -4.08. The molecule has 0 spiro atoms. The maximum absolute atomic E-state index is 14.5. The Morgan fingerprint density at radius 2 is 1.82 bits per heavy atom. The van der Waals surface area contributed by atoms with E-state index in [9.17, 15) is 26.4 Å². The first-order valence-electron chi connectivity index (χ1n) is 10.5. The number of aliphatic hydroxyl groups excluding tert-OH is 1. The first-order valence-corrected chi connectivity index (χ1v) is 12.0. The van der Waals surface area contributed by atoms with Gasteiger partial charge >= 0.3 is 0 Å². The van der Waals surface area contributed by atoms with Crippen molar-refractivity contribution < 1.29 is 31.5 Å². The highest BCUT2D eigenvalue weighted by Crippen LogP contribution is 2.48. The number of rotatable bonds is 9. The van der Waals surface area contributed by atoms with E-state index in [1.54, 1.807) is 12.1 Å². The van der Waals surface area contributed by atoms with Gasteiger partial charge in [-0.05, 0) is 66.1 Å². The van der Waals surface area contributed by atoms with E-state index in [2.05, 4.69) is 9.71 Å². The fourth-order valence-electron chi connectivity index (χ4n) is 4.29. The number of hydrogen-bond donors (Lipinski definition) is 5. The Labute approximate surface area is 193 Å². The minimum Gasteiger partial charge on any atom is -0.394 e. The molecule has 0 radical (unpaired) electrons. The zero-order chi connectivity index (χ0) is 24.6. The molecule has 1 atom stereocenters. The van der Waals surface area contributed by atoms with Crippen LogP contribution in [0.3, 0.4) is 0 Å². The van der Waals surface area contributed by atoms with Crippen LogP contribution in [-0.4, -0.2) is 43.6 Å². The Morgan fingerprint density at radius 3 is 2.44 bits per heavy atom. The number of nitrogens with one attached hydrogen (secondary N) is 3. The SMILES string of the molecule is NC(=O)[C@H](CO)NS(=O)(=O)NC[C@H]1C[C@H](c2c(-c3ccc(F)cc3)[nH]c3c(F)cc(F)cc32)C1. The summed E-state index contributed by atoms with van der Waals surface area (Å²) in [5, 5.41) is 9.45. The number of fused-ring (bicyclic) bond motifs is 1. The standard InChI is InChI=1S/C22H23F3N4O4S/c23-14-3-1-12(2-4-14)20-19(16-7-15(24)8-17(25)21(16)28-20)13-5-11(6-13)9-27-34(32,33)29-18(10-30)22(26)31/h1-4,7-8,11,13,18,27-30H,5-6,9-10H2,(H2,26,31)/t11-,13-,18-/m0/s1. The molecular formula is C22H23F3N4O4S. The average Bonchev–Trinajstić information content (AvgIpc) is 3.10. The molecule has 4 rings (SSSR count). The minimum atomic E-state index is -4.08. The molecule has 8 nitrogen and oxygen atoms in total. The van der Waals surface area contributed by atoms with Crippen molar-refractivity contribution in [3.8, 4) is 11.3 Å². The summed E-state index contributed by atoms with van der Waals surface area (Å²) in [6, 6.07) is 6.23. The summed E-state index contributed by atoms with van der Waals surface area (Å²) in [5.74, 6) is -3.10. The molecule has 0 saturated heterocycles. The predicted octanol–water partition coefficient (Wildman–Crippen LogP) is 2.02. The van der Waals surface area contributed by atoms with E-state index >= 15 is 0 Å². The second kappa shape index (κ2) is 9.37. The average molecular weight is 497 g/mol. The number of carbonyl (C=O) groups excluding carboxylic acids is 1. The first-order chi connectivity index (χ1) is 16.1. The van der Waals surface area contributed by atoms with Crippen LogP contribution in [0.2, 0.25) is 0 Å². The fourth-order valence-corrected chi connectivity index (χ4v) is 5.39. The lowest BCUT2D eigenvalue weighted by molar-refractivity contribution is -0.120. The third kappa shape index (κ3) is 4.94. The number of H-pyrrole nitrogens is 1. The number of nitrogens with two attached hydrogens (primary N) is 1. The number of primary amides is 1. The highest BCUT2D eigenvalue weighted by molar-refractivity contribution is 7.87. The molecule has 12 heteroatoms. The van der Waals surface area contributed by atoms with Gasteiger partial charge in [0.25, 0.3) is 10.2 Å². The van der Waals surface area contributed by atoms with Crippen LogP contribution in [0.1, 0.15) is 24.3 Å². The highest BCUT2D eigenvalue weighted by atomic mass is 32.2. The van der Waals surface area contributed by atoms with Gasteiger partial charge in [0.15, 0.2) is 0 Å². The molecule has 3 aromatic rings. The first kappa shape index (κ1) is 24.2. The second-order valence-electron chi connectivity index (χ2n) is 8.37. The monoisotopic (exact) mass is 496 g/mol. The molecule has 182 valence electrons. The van der Waals surface area contributed by atoms with E-state index < -0.39 is 46.2 Å². The molecule has 1 heterocycles. The molecule has 0 unspecified atom stereocenters. The Morgan fingerprint density at radius 1 is 1.15 bits per heavy atom. The summed E-state index contributed by atoms with van der Waals surface area (Å²) in [6.07, 6.45) is 1.06. The molecule has 1 aliphatic rings. The third-order valence-electron chi connectivity index (χ3n) is 6.03. The largest absolute Gasteiger partial charge is 0.394 e. The molecule has 1 amide bonds. The lowest BCUT2D eigenvalue weighted by Crippen LogP contribution is -2.51. The molecule has 34 heavy (non-hydrogen) atoms. The van der Waals surface area contributed by atoms with E-state index in [1.165, 1.54) is 18.2 Å². The van der Waals surface area contributed by atoms with Gasteiger partial charge in [0.2, 0.25) is 5.91 Å². The van der Waals surface area contributed by atoms with Crippen LogP contribution < -0.4 is 15.2 Å². The minimum absolute atomic E-state index is 0.0553. The van der Waals surface area contributed by atoms with Crippen LogP contribution in [0.4, 0.5) is 13.2 Å². The van der Waals surface area contributed by atoms with Gasteiger partial charge in [-0.15, -0.1) is 0 Å². The van der Waals surface area contributed by atoms with Gasteiger partial charge in [-0.1, -0.05) is 0 Å². The Hall–Kier alpha value is -2.93. The molecule has 1 fully saturated rings. The number of benzene rings is 2. The second-order valence-corrected chi connectivity index (χ2v) is 9.90. The lowest BCUT2D eigenvalue weighted by Gasteiger charge is -2.36. The number of carbonyl (C=O) groups is 1. The summed E-state index contributed by atoms with van der Waals surface area (Å²) >= 11 is 0. The van der Waals surface area contributed by atoms with Crippen molar-refractivity contribution in [1.82, 2.24) is 14.4 Å². The zero-order valence-electron chi connectivity index (χ0n) is 17.8. The summed E-state index contributed by atoms with van der Waals surface area (Å²) in [6.45, 7) is -0.721. The number of aliphatic hydroxyl groups is 1. The van der Waals surface area contributed by atoms with Gasteiger partial charge < -0.3 is 15.8 Å². The molecule has 6 N–H and O–H groups in total. The van der Waals surface area contributed by atoms with Crippen LogP contribution in [0.25, 0.3) is 22.2 Å². The summed E-state index contributed by atoms with van der Waals surface area (Å²) < 4.78 is 70.4. The van der Waals surface area contributed by atoms with E-state index in [-0.39, 0.29) is 23.9 Å². The van der Waals surface area contributed by atoms with Crippen molar-refractivity contribution in [2.45, 2.75) is 24.8 Å². The molecule has 0 aliphatic heterocycles. The highest BCUT2D eigenvalue weighted by Gasteiger charge is 2.35. The maximum atomic E-state index is 14.5. The Kier molecular flexibility index (Phi) is 6.67. The molecule has 2 aromatic carbocycles. The van der Waals surface area contributed by atoms with E-state index in [0.29, 0.717) is 35.0 Å². The quantitative estimate of drug-likeness (QED) is 0.309. The van der Waals surface area contributed by atoms with Crippen molar-refractivity contribution >= 4 is 27.0 Å². The van der Waals surface area contributed by atoms with Crippen LogP contribution in [0.5, 0.6) is 0 Å². The van der Waals surface area contributed by atoms with E-state index in [0.717, 1.165) is 6.07 Å². The Bertz CT molecular complexity index is 1320. The smallest absolute Gasteiger partial charge is 0.277 e. The summed E-state index contributed by atoms with van der Waals surface area (Å²) in [5.41, 5.74) is 7.02. The zero-order valence-corrected chi connectivity index (χ0v) is 18.6. The van der Waals surface area contributed by atoms with Crippen molar-refractivity contribution in [3.63, 3.8) is 0 Å². The van der Waals surface area contributed by atoms with Crippen molar-refractivity contribution in [2.24, 2.45) is 11.7 Å². The number of amides is 1. The van der Waals surface area contributed by atoms with Gasteiger partial charge in [-0.25, -0.2) is 17.9 Å². The van der Waals surface area contributed by atoms with Crippen molar-refractivity contribution in [2.75, 3.05) is 13.2 Å². The van der Waals surface area contributed by atoms with Crippen molar-refractivity contribution in [1.29, 1.82) is 0 Å². The number of halogens is 3. The molecule has 1 aliphatic carbocycles. The van der Waals surface area contributed by atoms with Crippen LogP contribution in [0, 0.1) is 23.4 Å². The van der Waals surface area contributed by atoms with Gasteiger partial charge in [0, 0.05) is 18.0 Å². The molecule has 0 bridgehead atoms. The topological polar surface area (TPSA) is 137 Å². The molecule has 1 saturated carbocycles. The fraction of sp³-hybridized carbons (Fsp3) is 0.318. The van der Waals surface area contributed by atoms with Crippen LogP contribution in [-0.2, 0) is 15.0 Å². The van der Waals surface area contributed by atoms with Gasteiger partial charge in [-0.2, -0.15) is 13.1 Å².